The second-order valence-corrected chi connectivity index (χ2v) is 20.0. The van der Waals surface area contributed by atoms with E-state index in [0.29, 0.717) is 25.5 Å². The van der Waals surface area contributed by atoms with E-state index in [1.54, 1.807) is 20.2 Å². The molecule has 1 aliphatic heterocycles. The van der Waals surface area contributed by atoms with Crippen molar-refractivity contribution < 1.29 is 27.5 Å². The topological polar surface area (TPSA) is 81.0 Å². The molecule has 6 rings (SSSR count). The minimum atomic E-state index is -3.80. The van der Waals surface area contributed by atoms with E-state index >= 15 is 0 Å². The van der Waals surface area contributed by atoms with Crippen LogP contribution < -0.4 is 15.8 Å². The van der Waals surface area contributed by atoms with Crippen molar-refractivity contribution in [1.29, 1.82) is 0 Å². The summed E-state index contributed by atoms with van der Waals surface area (Å²) in [5.41, 5.74) is 2.93. The summed E-state index contributed by atoms with van der Waals surface area (Å²) in [5.74, 6) is 0. The zero-order chi connectivity index (χ0) is 35.9. The molecule has 0 radical (unpaired) electrons. The van der Waals surface area contributed by atoms with E-state index in [1.807, 2.05) is 77.4 Å². The summed E-state index contributed by atoms with van der Waals surface area (Å²) in [6.45, 7) is 11.8. The predicted octanol–water partition coefficient (Wildman–Crippen LogP) is 7.75. The number of imidazole rings is 1. The van der Waals surface area contributed by atoms with Gasteiger partial charge in [-0.3, -0.25) is 4.57 Å². The molecular weight excluding hydrogens is 676 g/mol. The van der Waals surface area contributed by atoms with Crippen LogP contribution in [-0.2, 0) is 40.7 Å². The van der Waals surface area contributed by atoms with Crippen molar-refractivity contribution in [2.45, 2.75) is 71.1 Å². The summed E-state index contributed by atoms with van der Waals surface area (Å²) in [6, 6.07) is 41.0. The molecule has 0 spiro atoms. The minimum Gasteiger partial charge on any atom is -0.405 e. The van der Waals surface area contributed by atoms with Gasteiger partial charge in [0.2, 0.25) is 0 Å². The van der Waals surface area contributed by atoms with Gasteiger partial charge in [0.25, 0.3) is 8.32 Å². The standard InChI is InChI=1S/C41H49N2O6PSi/c1-6-47-50(44,48-7-2)40-37-39(46-29-33-22-14-9-15-23-33)38(45-28-32-20-12-8-13-21-32)36(43(37)31-42-40)30-49-51(41(3,4)5,34-24-16-10-17-25-34)35-26-18-11-19-27-35/h8-27,31,36,38-39H,6-7,28-30H2,1-5H3/t36-,38-,39-/m1/s1. The molecule has 0 saturated heterocycles. The van der Waals surface area contributed by atoms with Gasteiger partial charge in [0.1, 0.15) is 12.2 Å². The number of nitrogens with zero attached hydrogens (tertiary/aromatic N) is 2. The highest BCUT2D eigenvalue weighted by atomic mass is 31.2. The first-order valence-corrected chi connectivity index (χ1v) is 21.2. The van der Waals surface area contributed by atoms with Gasteiger partial charge in [-0.15, -0.1) is 0 Å². The van der Waals surface area contributed by atoms with Crippen molar-refractivity contribution in [2.24, 2.45) is 0 Å². The summed E-state index contributed by atoms with van der Waals surface area (Å²) in [5, 5.41) is 2.13. The first-order chi connectivity index (χ1) is 24.7. The van der Waals surface area contributed by atoms with Crippen LogP contribution >= 0.6 is 7.60 Å². The third kappa shape index (κ3) is 7.76. The molecule has 1 aliphatic rings. The first kappa shape index (κ1) is 37.1. The van der Waals surface area contributed by atoms with Crippen LogP contribution in [0.25, 0.3) is 0 Å². The van der Waals surface area contributed by atoms with E-state index in [-0.39, 0.29) is 29.7 Å². The Hall–Kier alpha value is -3.66. The molecule has 10 heteroatoms. The quantitative estimate of drug-likeness (QED) is 0.0761. The maximum atomic E-state index is 14.4. The molecule has 0 fully saturated rings. The highest BCUT2D eigenvalue weighted by Gasteiger charge is 2.53. The molecule has 1 aromatic heterocycles. The number of ether oxygens (including phenoxy) is 2. The molecular formula is C41H49N2O6PSi. The zero-order valence-electron chi connectivity index (χ0n) is 30.2. The number of aromatic nitrogens is 2. The van der Waals surface area contributed by atoms with Crippen molar-refractivity contribution in [3.05, 3.63) is 144 Å². The molecule has 0 N–H and O–H groups in total. The Morgan fingerprint density at radius 3 is 1.65 bits per heavy atom. The Kier molecular flexibility index (Phi) is 11.9. The molecule has 0 bridgehead atoms. The lowest BCUT2D eigenvalue weighted by Gasteiger charge is -2.44. The Balaban J connectivity index is 1.47. The monoisotopic (exact) mass is 724 g/mol. The van der Waals surface area contributed by atoms with E-state index in [1.165, 1.54) is 10.4 Å². The first-order valence-electron chi connectivity index (χ1n) is 17.7. The van der Waals surface area contributed by atoms with Crippen LogP contribution in [0.5, 0.6) is 0 Å². The Morgan fingerprint density at radius 1 is 0.706 bits per heavy atom. The third-order valence-electron chi connectivity index (χ3n) is 9.42. The smallest absolute Gasteiger partial charge is 0.381 e. The SMILES string of the molecule is CCOP(=O)(OCC)c1ncn2c1[C@@H](OCc1ccccc1)[C@H](OCc1ccccc1)[C@H]2CO[Si](c1ccccc1)(c1ccccc1)C(C)(C)C. The van der Waals surface area contributed by atoms with Crippen molar-refractivity contribution in [2.75, 3.05) is 19.8 Å². The average molecular weight is 725 g/mol. The normalized spacial score (nSPS) is 17.8. The lowest BCUT2D eigenvalue weighted by atomic mass is 10.1. The van der Waals surface area contributed by atoms with Crippen LogP contribution in [0, 0.1) is 0 Å². The predicted molar refractivity (Wildman–Crippen MR) is 204 cm³/mol. The molecule has 0 amide bonds. The van der Waals surface area contributed by atoms with Gasteiger partial charge in [-0.1, -0.05) is 142 Å². The van der Waals surface area contributed by atoms with Crippen molar-refractivity contribution in [3.8, 4) is 0 Å². The second kappa shape index (κ2) is 16.3. The molecule has 268 valence electrons. The maximum Gasteiger partial charge on any atom is 0.381 e. The van der Waals surface area contributed by atoms with E-state index in [2.05, 4.69) is 69.3 Å². The fraction of sp³-hybridized carbons (Fsp3) is 0.341. The van der Waals surface area contributed by atoms with Gasteiger partial charge in [-0.05, 0) is 40.4 Å². The van der Waals surface area contributed by atoms with Crippen LogP contribution in [0.2, 0.25) is 5.04 Å². The number of hydrogen-bond acceptors (Lipinski definition) is 7. The third-order valence-corrected chi connectivity index (χ3v) is 16.5. The van der Waals surface area contributed by atoms with E-state index in [4.69, 9.17) is 27.9 Å². The fourth-order valence-corrected chi connectivity index (χ4v) is 13.5. The summed E-state index contributed by atoms with van der Waals surface area (Å²) in [4.78, 5) is 4.73. The molecule has 0 saturated carbocycles. The number of fused-ring (bicyclic) bond motifs is 1. The molecule has 2 heterocycles. The van der Waals surface area contributed by atoms with E-state index < -0.39 is 28.1 Å². The summed E-state index contributed by atoms with van der Waals surface area (Å²) in [6.07, 6.45) is 0.563. The van der Waals surface area contributed by atoms with Crippen molar-refractivity contribution >= 4 is 31.7 Å². The molecule has 8 nitrogen and oxygen atoms in total. The van der Waals surface area contributed by atoms with Crippen LogP contribution in [-0.4, -0.2) is 43.8 Å². The summed E-state index contributed by atoms with van der Waals surface area (Å²) >= 11 is 0. The van der Waals surface area contributed by atoms with Gasteiger partial charge >= 0.3 is 7.60 Å². The molecule has 3 atom stereocenters. The van der Waals surface area contributed by atoms with Crippen LogP contribution in [0.4, 0.5) is 0 Å². The van der Waals surface area contributed by atoms with Crippen molar-refractivity contribution in [1.82, 2.24) is 9.55 Å². The van der Waals surface area contributed by atoms with Gasteiger partial charge < -0.3 is 27.5 Å². The van der Waals surface area contributed by atoms with Crippen molar-refractivity contribution in [3.63, 3.8) is 0 Å². The van der Waals surface area contributed by atoms with Gasteiger partial charge in [-0.25, -0.2) is 4.98 Å². The van der Waals surface area contributed by atoms with Gasteiger partial charge in [0, 0.05) is 0 Å². The second-order valence-electron chi connectivity index (χ2n) is 13.7. The molecule has 5 aromatic rings. The summed E-state index contributed by atoms with van der Waals surface area (Å²) in [7, 11) is -6.74. The summed E-state index contributed by atoms with van der Waals surface area (Å²) < 4.78 is 49.4. The van der Waals surface area contributed by atoms with Gasteiger partial charge in [0.05, 0.1) is 51.1 Å². The lowest BCUT2D eigenvalue weighted by Crippen LogP contribution is -2.67. The van der Waals surface area contributed by atoms with Crippen LogP contribution in [0.15, 0.2) is 128 Å². The zero-order valence-corrected chi connectivity index (χ0v) is 32.1. The Morgan fingerprint density at radius 2 is 1.18 bits per heavy atom. The fourth-order valence-electron chi connectivity index (χ4n) is 7.17. The van der Waals surface area contributed by atoms with E-state index in [9.17, 15) is 4.57 Å². The minimum absolute atomic E-state index is 0.202. The highest BCUT2D eigenvalue weighted by molar-refractivity contribution is 7.62. The molecule has 0 aliphatic carbocycles. The van der Waals surface area contributed by atoms with Crippen LogP contribution in [0.1, 0.15) is 63.6 Å². The Labute approximate surface area is 303 Å². The van der Waals surface area contributed by atoms with Gasteiger partial charge in [0.15, 0.2) is 5.44 Å². The molecule has 4 aromatic carbocycles. The lowest BCUT2D eigenvalue weighted by molar-refractivity contribution is -0.0955. The molecule has 0 unspecified atom stereocenters. The molecule has 51 heavy (non-hydrogen) atoms. The largest absolute Gasteiger partial charge is 0.405 e. The number of hydrogen-bond donors (Lipinski definition) is 0. The Bertz CT molecular complexity index is 1820. The number of rotatable bonds is 16. The highest BCUT2D eigenvalue weighted by Crippen LogP contribution is 2.52. The van der Waals surface area contributed by atoms with E-state index in [0.717, 1.165) is 11.1 Å². The maximum absolute atomic E-state index is 14.4. The average Bonchev–Trinajstić information content (AvgIpc) is 3.70. The van der Waals surface area contributed by atoms with Crippen LogP contribution in [0.3, 0.4) is 0 Å². The van der Waals surface area contributed by atoms with Gasteiger partial charge in [-0.2, -0.15) is 0 Å². The number of benzene rings is 4.